The van der Waals surface area contributed by atoms with E-state index in [-0.39, 0.29) is 0 Å². The molecule has 0 aromatic heterocycles. The number of primary amides is 1. The minimum Gasteiger partial charge on any atom is -0.369 e. The van der Waals surface area contributed by atoms with E-state index in [4.69, 9.17) is 5.73 Å². The van der Waals surface area contributed by atoms with E-state index in [2.05, 4.69) is 0 Å². The van der Waals surface area contributed by atoms with Crippen LogP contribution in [0, 0.1) is 5.41 Å². The fourth-order valence-electron chi connectivity index (χ4n) is 1.43. The van der Waals surface area contributed by atoms with E-state index in [1.54, 1.807) is 0 Å². The molecule has 0 atom stereocenters. The Hall–Kier alpha value is -0.860. The van der Waals surface area contributed by atoms with Crippen molar-refractivity contribution in [1.29, 1.82) is 0 Å². The van der Waals surface area contributed by atoms with Gasteiger partial charge in [0.15, 0.2) is 0 Å². The molecule has 1 rings (SSSR count). The van der Waals surface area contributed by atoms with Crippen LogP contribution in [0.1, 0.15) is 25.7 Å². The summed E-state index contributed by atoms with van der Waals surface area (Å²) in [6, 6.07) is 0. The van der Waals surface area contributed by atoms with Gasteiger partial charge in [-0.15, -0.1) is 0 Å². The van der Waals surface area contributed by atoms with Gasteiger partial charge in [0.2, 0.25) is 5.91 Å². The van der Waals surface area contributed by atoms with Crippen LogP contribution in [-0.2, 0) is 9.59 Å². The molecule has 56 valence electrons. The maximum absolute atomic E-state index is 10.7. The number of carbonyl (C=O) groups is 2. The van der Waals surface area contributed by atoms with E-state index in [0.29, 0.717) is 19.1 Å². The molecule has 0 spiro atoms. The molecule has 1 aliphatic rings. The molecule has 0 bridgehead atoms. The van der Waals surface area contributed by atoms with E-state index >= 15 is 0 Å². The molecule has 0 radical (unpaired) electrons. The summed E-state index contributed by atoms with van der Waals surface area (Å²) in [5, 5.41) is 0. The third kappa shape index (κ3) is 0.916. The van der Waals surface area contributed by atoms with Crippen LogP contribution in [0.4, 0.5) is 0 Å². The first-order chi connectivity index (χ1) is 4.71. The average Bonchev–Trinajstić information content (AvgIpc) is 2.35. The lowest BCUT2D eigenvalue weighted by molar-refractivity contribution is -0.133. The van der Waals surface area contributed by atoms with E-state index < -0.39 is 11.3 Å². The third-order valence-electron chi connectivity index (χ3n) is 2.21. The molecule has 1 saturated carbocycles. The topological polar surface area (TPSA) is 60.2 Å². The monoisotopic (exact) mass is 141 g/mol. The first kappa shape index (κ1) is 7.25. The van der Waals surface area contributed by atoms with Crippen molar-refractivity contribution in [3.8, 4) is 0 Å². The summed E-state index contributed by atoms with van der Waals surface area (Å²) in [4.78, 5) is 21.2. The fourth-order valence-corrected chi connectivity index (χ4v) is 1.43. The molecule has 1 amide bonds. The molecule has 0 unspecified atom stereocenters. The van der Waals surface area contributed by atoms with Crippen LogP contribution < -0.4 is 5.73 Å². The van der Waals surface area contributed by atoms with Crippen LogP contribution >= 0.6 is 0 Å². The lowest BCUT2D eigenvalue weighted by atomic mass is 9.87. The second-order valence-corrected chi connectivity index (χ2v) is 2.85. The summed E-state index contributed by atoms with van der Waals surface area (Å²) < 4.78 is 0. The Labute approximate surface area is 59.6 Å². The minimum absolute atomic E-state index is 0.458. The van der Waals surface area contributed by atoms with Crippen molar-refractivity contribution in [2.45, 2.75) is 25.7 Å². The molecule has 3 nitrogen and oxygen atoms in total. The number of amides is 1. The SMILES string of the molecule is NC(=O)C1(C=O)CCCC1. The largest absolute Gasteiger partial charge is 0.369 e. The predicted octanol–water partition coefficient (Wildman–Crippen LogP) is 0.231. The van der Waals surface area contributed by atoms with Crippen LogP contribution in [0.2, 0.25) is 0 Å². The normalized spacial score (nSPS) is 22.4. The Morgan fingerprint density at radius 3 is 2.10 bits per heavy atom. The van der Waals surface area contributed by atoms with E-state index in [1.165, 1.54) is 0 Å². The zero-order valence-electron chi connectivity index (χ0n) is 5.80. The van der Waals surface area contributed by atoms with Gasteiger partial charge in [-0.25, -0.2) is 0 Å². The van der Waals surface area contributed by atoms with Crippen LogP contribution in [0.3, 0.4) is 0 Å². The van der Waals surface area contributed by atoms with Crippen molar-refractivity contribution in [3.63, 3.8) is 0 Å². The summed E-state index contributed by atoms with van der Waals surface area (Å²) in [6.07, 6.45) is 3.89. The van der Waals surface area contributed by atoms with E-state index in [9.17, 15) is 9.59 Å². The summed E-state index contributed by atoms with van der Waals surface area (Å²) in [5.41, 5.74) is 4.27. The molecule has 1 aliphatic carbocycles. The second-order valence-electron chi connectivity index (χ2n) is 2.85. The summed E-state index contributed by atoms with van der Waals surface area (Å²) in [6.45, 7) is 0. The molecular formula is C7H11NO2. The maximum atomic E-state index is 10.7. The standard InChI is InChI=1S/C7H11NO2/c8-6(10)7(5-9)3-1-2-4-7/h5H,1-4H2,(H2,8,10). The van der Waals surface area contributed by atoms with Crippen molar-refractivity contribution in [2.75, 3.05) is 0 Å². The Morgan fingerprint density at radius 2 is 1.90 bits per heavy atom. The highest BCUT2D eigenvalue weighted by atomic mass is 16.2. The van der Waals surface area contributed by atoms with Gasteiger partial charge in [-0.05, 0) is 12.8 Å². The van der Waals surface area contributed by atoms with Gasteiger partial charge in [0, 0.05) is 0 Å². The lowest BCUT2D eigenvalue weighted by Gasteiger charge is -2.15. The third-order valence-corrected chi connectivity index (χ3v) is 2.21. The van der Waals surface area contributed by atoms with Gasteiger partial charge in [0.1, 0.15) is 11.7 Å². The number of aldehydes is 1. The fraction of sp³-hybridized carbons (Fsp3) is 0.714. The lowest BCUT2D eigenvalue weighted by Crippen LogP contribution is -2.35. The van der Waals surface area contributed by atoms with Gasteiger partial charge >= 0.3 is 0 Å². The molecular weight excluding hydrogens is 130 g/mol. The second kappa shape index (κ2) is 2.40. The van der Waals surface area contributed by atoms with Crippen molar-refractivity contribution < 1.29 is 9.59 Å². The summed E-state index contributed by atoms with van der Waals surface area (Å²) in [7, 11) is 0. The molecule has 0 aliphatic heterocycles. The molecule has 0 saturated heterocycles. The first-order valence-electron chi connectivity index (χ1n) is 3.47. The highest BCUT2D eigenvalue weighted by molar-refractivity contribution is 5.95. The zero-order chi connectivity index (χ0) is 7.61. The summed E-state index contributed by atoms with van der Waals surface area (Å²) in [5.74, 6) is -0.458. The van der Waals surface area contributed by atoms with Crippen molar-refractivity contribution >= 4 is 12.2 Å². The van der Waals surface area contributed by atoms with Crippen LogP contribution in [-0.4, -0.2) is 12.2 Å². The Kier molecular flexibility index (Phi) is 1.74. The van der Waals surface area contributed by atoms with Crippen molar-refractivity contribution in [3.05, 3.63) is 0 Å². The van der Waals surface area contributed by atoms with E-state index in [0.717, 1.165) is 12.8 Å². The molecule has 0 aromatic carbocycles. The van der Waals surface area contributed by atoms with Crippen molar-refractivity contribution in [1.82, 2.24) is 0 Å². The number of carbonyl (C=O) groups excluding carboxylic acids is 2. The van der Waals surface area contributed by atoms with Gasteiger partial charge in [-0.3, -0.25) is 4.79 Å². The molecule has 2 N–H and O–H groups in total. The smallest absolute Gasteiger partial charge is 0.230 e. The highest BCUT2D eigenvalue weighted by Crippen LogP contribution is 2.35. The Balaban J connectivity index is 2.76. The van der Waals surface area contributed by atoms with E-state index in [1.807, 2.05) is 0 Å². The maximum Gasteiger partial charge on any atom is 0.230 e. The number of nitrogens with two attached hydrogens (primary N) is 1. The molecule has 0 aromatic rings. The molecule has 10 heavy (non-hydrogen) atoms. The number of hydrogen-bond donors (Lipinski definition) is 1. The van der Waals surface area contributed by atoms with Crippen LogP contribution in [0.15, 0.2) is 0 Å². The first-order valence-corrected chi connectivity index (χ1v) is 3.47. The van der Waals surface area contributed by atoms with Crippen LogP contribution in [0.25, 0.3) is 0 Å². The van der Waals surface area contributed by atoms with Gasteiger partial charge in [-0.1, -0.05) is 12.8 Å². The Morgan fingerprint density at radius 1 is 1.40 bits per heavy atom. The molecule has 3 heteroatoms. The zero-order valence-corrected chi connectivity index (χ0v) is 5.80. The van der Waals surface area contributed by atoms with Gasteiger partial charge < -0.3 is 10.5 Å². The Bertz CT molecular complexity index is 159. The molecule has 0 heterocycles. The predicted molar refractivity (Wildman–Crippen MR) is 36.2 cm³/mol. The van der Waals surface area contributed by atoms with Gasteiger partial charge in [0.25, 0.3) is 0 Å². The minimum atomic E-state index is -0.806. The molecule has 1 fully saturated rings. The van der Waals surface area contributed by atoms with Gasteiger partial charge in [0.05, 0.1) is 0 Å². The average molecular weight is 141 g/mol. The highest BCUT2D eigenvalue weighted by Gasteiger charge is 2.39. The van der Waals surface area contributed by atoms with Crippen LogP contribution in [0.5, 0.6) is 0 Å². The number of rotatable bonds is 2. The number of hydrogen-bond acceptors (Lipinski definition) is 2. The quantitative estimate of drug-likeness (QED) is 0.442. The van der Waals surface area contributed by atoms with Crippen molar-refractivity contribution in [2.24, 2.45) is 11.1 Å². The summed E-state index contributed by atoms with van der Waals surface area (Å²) >= 11 is 0. The van der Waals surface area contributed by atoms with Gasteiger partial charge in [-0.2, -0.15) is 0 Å².